The Bertz CT molecular complexity index is 1090. The molecule has 1 fully saturated rings. The molecule has 2 aromatic carbocycles. The monoisotopic (exact) mass is 427 g/mol. The van der Waals surface area contributed by atoms with Gasteiger partial charge in [0.1, 0.15) is 0 Å². The third-order valence-electron chi connectivity index (χ3n) is 8.22. The summed E-state index contributed by atoms with van der Waals surface area (Å²) in [6.45, 7) is 15.0. The molecule has 2 bridgehead atoms. The number of fused-ring (bicyclic) bond motifs is 5. The highest BCUT2D eigenvalue weighted by Gasteiger charge is 2.34. The lowest BCUT2D eigenvalue weighted by atomic mass is 9.85. The second-order valence-corrected chi connectivity index (χ2v) is 12.7. The van der Waals surface area contributed by atoms with E-state index >= 15 is 0 Å². The van der Waals surface area contributed by atoms with Crippen LogP contribution in [0.25, 0.3) is 21.8 Å². The number of hydrogen-bond donors (Lipinski definition) is 0. The van der Waals surface area contributed by atoms with Gasteiger partial charge in [0.25, 0.3) is 0 Å². The van der Waals surface area contributed by atoms with E-state index in [1.807, 2.05) is 0 Å². The van der Waals surface area contributed by atoms with Crippen molar-refractivity contribution in [3.8, 4) is 0 Å². The standard InChI is InChI=1S/C31H41N/c1-30(2,3)24-12-14-28-26(19-24)27-20-25(31(4,5)6)13-15-29(27)32(28)16-8-7-9-22-17-21-10-11-23(22)18-21/h10-15,19-23H,7-9,16-18H2,1-6H3/t21-,22+,23+/m0/s1. The topological polar surface area (TPSA) is 4.93 Å². The van der Waals surface area contributed by atoms with Crippen LogP contribution >= 0.6 is 0 Å². The Balaban J connectivity index is 1.45. The van der Waals surface area contributed by atoms with Crippen molar-refractivity contribution in [2.45, 2.75) is 91.0 Å². The molecular formula is C31H41N. The first kappa shape index (κ1) is 21.8. The second kappa shape index (κ2) is 7.79. The fraction of sp³-hybridized carbons (Fsp3) is 0.548. The van der Waals surface area contributed by atoms with Crippen molar-refractivity contribution in [1.82, 2.24) is 4.57 Å². The van der Waals surface area contributed by atoms with Crippen LogP contribution < -0.4 is 0 Å². The molecule has 5 rings (SSSR count). The molecule has 2 aliphatic rings. The molecule has 170 valence electrons. The summed E-state index contributed by atoms with van der Waals surface area (Å²) in [5, 5.41) is 2.86. The smallest absolute Gasteiger partial charge is 0.0491 e. The number of hydrogen-bond acceptors (Lipinski definition) is 0. The Morgan fingerprint density at radius 3 is 1.81 bits per heavy atom. The minimum absolute atomic E-state index is 0.166. The molecule has 0 aliphatic heterocycles. The van der Waals surface area contributed by atoms with Gasteiger partial charge in [-0.3, -0.25) is 0 Å². The molecule has 0 unspecified atom stereocenters. The van der Waals surface area contributed by atoms with Crippen molar-refractivity contribution in [1.29, 1.82) is 0 Å². The summed E-state index contributed by atoms with van der Waals surface area (Å²) in [5.74, 6) is 2.74. The van der Waals surface area contributed by atoms with Crippen LogP contribution in [0.15, 0.2) is 48.6 Å². The van der Waals surface area contributed by atoms with Gasteiger partial charge in [0, 0.05) is 28.4 Å². The summed E-state index contributed by atoms with van der Waals surface area (Å²) in [6, 6.07) is 14.4. The number of aromatic nitrogens is 1. The Labute approximate surface area is 194 Å². The number of benzene rings is 2. The van der Waals surface area contributed by atoms with Crippen LogP contribution in [0.2, 0.25) is 0 Å². The molecule has 1 saturated carbocycles. The fourth-order valence-corrected chi connectivity index (χ4v) is 6.18. The molecule has 0 N–H and O–H groups in total. The van der Waals surface area contributed by atoms with E-state index in [-0.39, 0.29) is 10.8 Å². The van der Waals surface area contributed by atoms with Crippen molar-refractivity contribution in [3.05, 3.63) is 59.7 Å². The molecule has 0 amide bonds. The molecule has 1 aromatic heterocycles. The lowest BCUT2D eigenvalue weighted by molar-refractivity contribution is 0.393. The molecule has 1 heteroatoms. The van der Waals surface area contributed by atoms with Gasteiger partial charge >= 0.3 is 0 Å². The number of allylic oxidation sites excluding steroid dienone is 2. The predicted octanol–water partition coefficient (Wildman–Crippen LogP) is 8.77. The van der Waals surface area contributed by atoms with E-state index < -0.39 is 0 Å². The first-order chi connectivity index (χ1) is 15.1. The van der Waals surface area contributed by atoms with E-state index in [9.17, 15) is 0 Å². The van der Waals surface area contributed by atoms with Crippen LogP contribution in [-0.4, -0.2) is 4.57 Å². The zero-order chi connectivity index (χ0) is 22.7. The maximum atomic E-state index is 2.60. The Hall–Kier alpha value is -2.02. The van der Waals surface area contributed by atoms with E-state index in [1.54, 1.807) is 0 Å². The van der Waals surface area contributed by atoms with Crippen LogP contribution in [-0.2, 0) is 17.4 Å². The maximum Gasteiger partial charge on any atom is 0.0491 e. The average molecular weight is 428 g/mol. The lowest BCUT2D eigenvalue weighted by Crippen LogP contribution is -2.10. The molecule has 2 aliphatic carbocycles. The minimum Gasteiger partial charge on any atom is -0.340 e. The van der Waals surface area contributed by atoms with Crippen LogP contribution in [0, 0.1) is 17.8 Å². The van der Waals surface area contributed by atoms with Crippen LogP contribution in [0.1, 0.15) is 84.8 Å². The third-order valence-corrected chi connectivity index (χ3v) is 8.22. The highest BCUT2D eigenvalue weighted by atomic mass is 15.0. The normalized spacial score (nSPS) is 23.1. The summed E-state index contributed by atoms with van der Waals surface area (Å²) in [5.41, 5.74) is 5.99. The maximum absolute atomic E-state index is 2.60. The Morgan fingerprint density at radius 2 is 1.34 bits per heavy atom. The van der Waals surface area contributed by atoms with E-state index in [2.05, 4.69) is 94.7 Å². The molecular weight excluding hydrogens is 386 g/mol. The summed E-state index contributed by atoms with van der Waals surface area (Å²) in [6.07, 6.45) is 11.9. The lowest BCUT2D eigenvalue weighted by Gasteiger charge is -2.19. The molecule has 32 heavy (non-hydrogen) atoms. The van der Waals surface area contributed by atoms with Crippen LogP contribution in [0.3, 0.4) is 0 Å². The largest absolute Gasteiger partial charge is 0.340 e. The summed E-state index contributed by atoms with van der Waals surface area (Å²) in [4.78, 5) is 0. The quantitative estimate of drug-likeness (QED) is 0.283. The number of nitrogens with zero attached hydrogens (tertiary/aromatic N) is 1. The third kappa shape index (κ3) is 3.93. The zero-order valence-corrected chi connectivity index (χ0v) is 21.0. The van der Waals surface area contributed by atoms with Gasteiger partial charge in [-0.05, 0) is 89.7 Å². The van der Waals surface area contributed by atoms with Crippen molar-refractivity contribution < 1.29 is 0 Å². The SMILES string of the molecule is CC(C)(C)c1ccc2c(c1)c1cc(C(C)(C)C)ccc1n2CCCC[C@@H]1C[C@@H]2C=C[C@@H]1C2. The van der Waals surface area contributed by atoms with Crippen molar-refractivity contribution in [3.63, 3.8) is 0 Å². The van der Waals surface area contributed by atoms with Gasteiger partial charge in [0.15, 0.2) is 0 Å². The van der Waals surface area contributed by atoms with Gasteiger partial charge in [-0.25, -0.2) is 0 Å². The summed E-state index contributed by atoms with van der Waals surface area (Å²) in [7, 11) is 0. The van der Waals surface area contributed by atoms with E-state index in [0.29, 0.717) is 0 Å². The number of unbranched alkanes of at least 4 members (excludes halogenated alkanes) is 1. The molecule has 0 saturated heterocycles. The number of aryl methyl sites for hydroxylation is 1. The molecule has 3 aromatic rings. The van der Waals surface area contributed by atoms with Gasteiger partial charge in [-0.2, -0.15) is 0 Å². The highest BCUT2D eigenvalue weighted by molar-refractivity contribution is 6.08. The number of rotatable bonds is 5. The zero-order valence-electron chi connectivity index (χ0n) is 21.0. The van der Waals surface area contributed by atoms with E-state index in [0.717, 1.165) is 24.3 Å². The van der Waals surface area contributed by atoms with Crippen LogP contribution in [0.5, 0.6) is 0 Å². The second-order valence-electron chi connectivity index (χ2n) is 12.7. The van der Waals surface area contributed by atoms with Gasteiger partial charge in [-0.15, -0.1) is 0 Å². The van der Waals surface area contributed by atoms with E-state index in [4.69, 9.17) is 0 Å². The average Bonchev–Trinajstić information content (AvgIpc) is 3.42. The van der Waals surface area contributed by atoms with Crippen molar-refractivity contribution in [2.24, 2.45) is 17.8 Å². The highest BCUT2D eigenvalue weighted by Crippen LogP contribution is 2.45. The minimum atomic E-state index is 0.166. The van der Waals surface area contributed by atoms with Gasteiger partial charge in [0.05, 0.1) is 0 Å². The predicted molar refractivity (Wildman–Crippen MR) is 140 cm³/mol. The summed E-state index contributed by atoms with van der Waals surface area (Å²) >= 11 is 0. The Kier molecular flexibility index (Phi) is 5.31. The molecule has 3 atom stereocenters. The summed E-state index contributed by atoms with van der Waals surface area (Å²) < 4.78 is 2.60. The first-order valence-electron chi connectivity index (χ1n) is 12.9. The fourth-order valence-electron chi connectivity index (χ4n) is 6.18. The van der Waals surface area contributed by atoms with Gasteiger partial charge in [0.2, 0.25) is 0 Å². The van der Waals surface area contributed by atoms with Gasteiger partial charge in [-0.1, -0.05) is 72.2 Å². The molecule has 1 heterocycles. The van der Waals surface area contributed by atoms with Crippen LogP contribution in [0.4, 0.5) is 0 Å². The van der Waals surface area contributed by atoms with Gasteiger partial charge < -0.3 is 4.57 Å². The van der Waals surface area contributed by atoms with Crippen molar-refractivity contribution >= 4 is 21.8 Å². The Morgan fingerprint density at radius 1 is 0.750 bits per heavy atom. The van der Waals surface area contributed by atoms with Crippen molar-refractivity contribution in [2.75, 3.05) is 0 Å². The molecule has 0 radical (unpaired) electrons. The molecule has 1 nitrogen and oxygen atoms in total. The first-order valence-corrected chi connectivity index (χ1v) is 12.9. The molecule has 0 spiro atoms. The van der Waals surface area contributed by atoms with E-state index in [1.165, 1.54) is 65.0 Å².